The molecule has 2 nitrogen and oxygen atoms in total. The first kappa shape index (κ1) is 11.9. The molecule has 0 aromatic heterocycles. The molecule has 0 aliphatic carbocycles. The minimum atomic E-state index is -0.603. The predicted molar refractivity (Wildman–Crippen MR) is 65.5 cm³/mol. The van der Waals surface area contributed by atoms with Crippen molar-refractivity contribution in [2.45, 2.75) is 6.04 Å². The number of halogens is 2. The fourth-order valence-electron chi connectivity index (χ4n) is 1.63. The molecule has 0 heterocycles. The summed E-state index contributed by atoms with van der Waals surface area (Å²) in [6.45, 7) is 0. The lowest BCUT2D eigenvalue weighted by Gasteiger charge is -2.14. The van der Waals surface area contributed by atoms with Crippen LogP contribution in [0.15, 0.2) is 42.5 Å². The van der Waals surface area contributed by atoms with E-state index in [1.54, 1.807) is 0 Å². The molecule has 2 aromatic rings. The van der Waals surface area contributed by atoms with Crippen molar-refractivity contribution >= 4 is 11.6 Å². The molecule has 2 rings (SSSR count). The SMILES string of the molecule is NC(c1ccccc1)c1cc(Cl)c(O)cc1F. The van der Waals surface area contributed by atoms with Crippen LogP contribution in [0.3, 0.4) is 0 Å². The number of nitrogens with two attached hydrogens (primary N) is 1. The van der Waals surface area contributed by atoms with E-state index in [0.717, 1.165) is 11.6 Å². The Morgan fingerprint density at radius 1 is 1.18 bits per heavy atom. The van der Waals surface area contributed by atoms with E-state index in [2.05, 4.69) is 0 Å². The Kier molecular flexibility index (Phi) is 3.31. The van der Waals surface area contributed by atoms with Gasteiger partial charge in [-0.15, -0.1) is 0 Å². The molecule has 0 saturated heterocycles. The average Bonchev–Trinajstić information content (AvgIpc) is 2.34. The standard InChI is InChI=1S/C13H11ClFNO/c14-10-6-9(11(15)7-12(10)17)13(16)8-4-2-1-3-5-8/h1-7,13,17H,16H2. The van der Waals surface area contributed by atoms with Gasteiger partial charge in [0, 0.05) is 11.6 Å². The molecule has 0 aliphatic heterocycles. The Morgan fingerprint density at radius 3 is 2.47 bits per heavy atom. The zero-order valence-electron chi connectivity index (χ0n) is 8.90. The molecule has 3 N–H and O–H groups in total. The third-order valence-corrected chi connectivity index (χ3v) is 2.86. The van der Waals surface area contributed by atoms with Gasteiger partial charge in [-0.05, 0) is 11.6 Å². The Labute approximate surface area is 103 Å². The van der Waals surface area contributed by atoms with Crippen molar-refractivity contribution < 1.29 is 9.50 Å². The third kappa shape index (κ3) is 2.40. The van der Waals surface area contributed by atoms with E-state index in [-0.39, 0.29) is 16.3 Å². The Hall–Kier alpha value is -1.58. The van der Waals surface area contributed by atoms with Crippen molar-refractivity contribution in [1.29, 1.82) is 0 Å². The predicted octanol–water partition coefficient (Wildman–Crippen LogP) is 3.23. The molecule has 17 heavy (non-hydrogen) atoms. The van der Waals surface area contributed by atoms with Crippen LogP contribution in [0.5, 0.6) is 5.75 Å². The van der Waals surface area contributed by atoms with Gasteiger partial charge in [-0.3, -0.25) is 0 Å². The van der Waals surface area contributed by atoms with Gasteiger partial charge in [0.2, 0.25) is 0 Å². The van der Waals surface area contributed by atoms with Gasteiger partial charge in [-0.1, -0.05) is 41.9 Å². The minimum Gasteiger partial charge on any atom is -0.506 e. The molecule has 1 unspecified atom stereocenters. The van der Waals surface area contributed by atoms with Crippen molar-refractivity contribution in [3.8, 4) is 5.75 Å². The van der Waals surface area contributed by atoms with Gasteiger partial charge in [0.25, 0.3) is 0 Å². The molecule has 2 aromatic carbocycles. The number of benzene rings is 2. The van der Waals surface area contributed by atoms with Gasteiger partial charge < -0.3 is 10.8 Å². The van der Waals surface area contributed by atoms with Gasteiger partial charge in [-0.25, -0.2) is 4.39 Å². The van der Waals surface area contributed by atoms with E-state index in [0.29, 0.717) is 0 Å². The van der Waals surface area contributed by atoms with Crippen LogP contribution in [0.1, 0.15) is 17.2 Å². The van der Waals surface area contributed by atoms with Crippen molar-refractivity contribution in [3.05, 3.63) is 64.4 Å². The molecule has 0 aliphatic rings. The number of phenols is 1. The number of phenolic OH excluding ortho intramolecular Hbond substituents is 1. The van der Waals surface area contributed by atoms with Crippen molar-refractivity contribution in [1.82, 2.24) is 0 Å². The summed E-state index contributed by atoms with van der Waals surface area (Å²) in [5, 5.41) is 9.35. The van der Waals surface area contributed by atoms with E-state index in [1.165, 1.54) is 6.07 Å². The van der Waals surface area contributed by atoms with Crippen LogP contribution < -0.4 is 5.73 Å². The summed E-state index contributed by atoms with van der Waals surface area (Å²) in [7, 11) is 0. The molecule has 0 fully saturated rings. The van der Waals surface area contributed by atoms with Crippen LogP contribution in [-0.4, -0.2) is 5.11 Å². The van der Waals surface area contributed by atoms with E-state index < -0.39 is 11.9 Å². The van der Waals surface area contributed by atoms with E-state index in [4.69, 9.17) is 17.3 Å². The Morgan fingerprint density at radius 2 is 1.82 bits per heavy atom. The highest BCUT2D eigenvalue weighted by molar-refractivity contribution is 6.32. The van der Waals surface area contributed by atoms with Gasteiger partial charge in [0.15, 0.2) is 0 Å². The molecule has 1 atom stereocenters. The molecule has 0 spiro atoms. The lowest BCUT2D eigenvalue weighted by molar-refractivity contribution is 0.467. The second kappa shape index (κ2) is 4.73. The first-order valence-electron chi connectivity index (χ1n) is 5.08. The molecular weight excluding hydrogens is 241 g/mol. The largest absolute Gasteiger partial charge is 0.506 e. The molecule has 0 radical (unpaired) electrons. The summed E-state index contributed by atoms with van der Waals surface area (Å²) in [6.07, 6.45) is 0. The van der Waals surface area contributed by atoms with Crippen LogP contribution in [0.2, 0.25) is 5.02 Å². The number of rotatable bonds is 2. The summed E-state index contributed by atoms with van der Waals surface area (Å²) >= 11 is 5.75. The summed E-state index contributed by atoms with van der Waals surface area (Å²) in [4.78, 5) is 0. The smallest absolute Gasteiger partial charge is 0.137 e. The fraction of sp³-hybridized carbons (Fsp3) is 0.0769. The number of hydrogen-bond donors (Lipinski definition) is 2. The normalized spacial score (nSPS) is 12.4. The summed E-state index contributed by atoms with van der Waals surface area (Å²) in [5.41, 5.74) is 7.00. The van der Waals surface area contributed by atoms with Crippen molar-refractivity contribution in [3.63, 3.8) is 0 Å². The molecular formula is C13H11ClFNO. The first-order valence-corrected chi connectivity index (χ1v) is 5.46. The average molecular weight is 252 g/mol. The Balaban J connectivity index is 2.44. The highest BCUT2D eigenvalue weighted by Crippen LogP contribution is 2.30. The van der Waals surface area contributed by atoms with Crippen LogP contribution in [0, 0.1) is 5.82 Å². The van der Waals surface area contributed by atoms with E-state index in [1.807, 2.05) is 30.3 Å². The third-order valence-electron chi connectivity index (χ3n) is 2.56. The highest BCUT2D eigenvalue weighted by atomic mass is 35.5. The summed E-state index contributed by atoms with van der Waals surface area (Å²) in [5.74, 6) is -0.851. The van der Waals surface area contributed by atoms with Crippen LogP contribution in [0.4, 0.5) is 4.39 Å². The molecule has 0 saturated carbocycles. The van der Waals surface area contributed by atoms with Gasteiger partial charge >= 0.3 is 0 Å². The maximum absolute atomic E-state index is 13.7. The lowest BCUT2D eigenvalue weighted by atomic mass is 9.99. The topological polar surface area (TPSA) is 46.2 Å². The second-order valence-electron chi connectivity index (χ2n) is 3.71. The minimum absolute atomic E-state index is 0.0905. The lowest BCUT2D eigenvalue weighted by Crippen LogP contribution is -2.13. The maximum Gasteiger partial charge on any atom is 0.137 e. The number of aromatic hydroxyl groups is 1. The van der Waals surface area contributed by atoms with E-state index >= 15 is 0 Å². The van der Waals surface area contributed by atoms with Gasteiger partial charge in [0.1, 0.15) is 11.6 Å². The van der Waals surface area contributed by atoms with Crippen molar-refractivity contribution in [2.24, 2.45) is 5.73 Å². The molecule has 88 valence electrons. The molecule has 0 amide bonds. The number of hydrogen-bond acceptors (Lipinski definition) is 2. The Bertz CT molecular complexity index is 530. The summed E-state index contributed by atoms with van der Waals surface area (Å²) in [6, 6.07) is 10.9. The fourth-order valence-corrected chi connectivity index (χ4v) is 1.80. The second-order valence-corrected chi connectivity index (χ2v) is 4.12. The molecule has 0 bridgehead atoms. The quantitative estimate of drug-likeness (QED) is 0.861. The van der Waals surface area contributed by atoms with Gasteiger partial charge in [0.05, 0.1) is 11.1 Å². The van der Waals surface area contributed by atoms with Gasteiger partial charge in [-0.2, -0.15) is 0 Å². The van der Waals surface area contributed by atoms with Crippen LogP contribution >= 0.6 is 11.6 Å². The van der Waals surface area contributed by atoms with Crippen molar-refractivity contribution in [2.75, 3.05) is 0 Å². The van der Waals surface area contributed by atoms with Crippen LogP contribution in [-0.2, 0) is 0 Å². The van der Waals surface area contributed by atoms with Crippen LogP contribution in [0.25, 0.3) is 0 Å². The molecule has 4 heteroatoms. The van der Waals surface area contributed by atoms with E-state index in [9.17, 15) is 9.50 Å². The highest BCUT2D eigenvalue weighted by Gasteiger charge is 2.15. The zero-order valence-corrected chi connectivity index (χ0v) is 9.66. The monoisotopic (exact) mass is 251 g/mol. The first-order chi connectivity index (χ1) is 8.09. The zero-order chi connectivity index (χ0) is 12.4. The maximum atomic E-state index is 13.7. The summed E-state index contributed by atoms with van der Waals surface area (Å²) < 4.78 is 13.7.